The van der Waals surface area contributed by atoms with Crippen LogP contribution in [0.15, 0.2) is 91.0 Å². The number of urea groups is 1. The fraction of sp³-hybridized carbons (Fsp3) is 0.0455. The summed E-state index contributed by atoms with van der Waals surface area (Å²) in [5.74, 6) is -1.26. The molecule has 0 unspecified atom stereocenters. The first-order valence-electron chi connectivity index (χ1n) is 8.52. The van der Waals surface area contributed by atoms with Gasteiger partial charge in [-0.25, -0.2) is 4.79 Å². The van der Waals surface area contributed by atoms with E-state index in [-0.39, 0.29) is 5.56 Å². The number of imide groups is 3. The Kier molecular flexibility index (Phi) is 4.05. The minimum Gasteiger partial charge on any atom is -0.315 e. The van der Waals surface area contributed by atoms with Gasteiger partial charge in [0.05, 0.1) is 0 Å². The van der Waals surface area contributed by atoms with Gasteiger partial charge in [0.2, 0.25) is 0 Å². The van der Waals surface area contributed by atoms with E-state index in [4.69, 9.17) is 0 Å². The molecule has 1 aliphatic heterocycles. The van der Waals surface area contributed by atoms with E-state index in [1.54, 1.807) is 78.9 Å². The maximum absolute atomic E-state index is 13.5. The third-order valence-corrected chi connectivity index (χ3v) is 4.66. The molecule has 1 aliphatic rings. The molecule has 4 amide bonds. The number of amides is 4. The summed E-state index contributed by atoms with van der Waals surface area (Å²) in [4.78, 5) is 39.8. The zero-order valence-corrected chi connectivity index (χ0v) is 14.3. The van der Waals surface area contributed by atoms with Gasteiger partial charge in [0.25, 0.3) is 11.8 Å². The van der Waals surface area contributed by atoms with Gasteiger partial charge >= 0.3 is 6.03 Å². The smallest absolute Gasteiger partial charge is 0.315 e. The molecule has 27 heavy (non-hydrogen) atoms. The highest BCUT2D eigenvalue weighted by molar-refractivity contribution is 6.23. The topological polar surface area (TPSA) is 66.5 Å². The molecule has 0 aromatic heterocycles. The molecule has 0 saturated carbocycles. The Morgan fingerprint density at radius 2 is 1.15 bits per heavy atom. The van der Waals surface area contributed by atoms with Crippen LogP contribution in [0.1, 0.15) is 21.5 Å². The van der Waals surface area contributed by atoms with E-state index in [1.807, 2.05) is 12.1 Å². The average molecular weight is 356 g/mol. The first-order chi connectivity index (χ1) is 13.1. The second kappa shape index (κ2) is 6.53. The number of carbonyl (C=O) groups excluding carboxylic acids is 3. The number of hydrogen-bond donors (Lipinski definition) is 1. The standard InChI is InChI=1S/C22H16N2O3/c25-19(16-10-4-1-5-11-16)24-20(26)22(23-21(24)27,17-12-6-2-7-13-17)18-14-8-3-9-15-18/h1-15H,(H,23,27). The summed E-state index contributed by atoms with van der Waals surface area (Å²) in [6, 6.07) is 25.5. The van der Waals surface area contributed by atoms with Crippen molar-refractivity contribution >= 4 is 17.8 Å². The van der Waals surface area contributed by atoms with Crippen LogP contribution in [0.4, 0.5) is 4.79 Å². The van der Waals surface area contributed by atoms with Crippen molar-refractivity contribution in [2.45, 2.75) is 5.54 Å². The van der Waals surface area contributed by atoms with Crippen molar-refractivity contribution in [3.63, 3.8) is 0 Å². The van der Waals surface area contributed by atoms with Crippen LogP contribution in [0.3, 0.4) is 0 Å². The second-order valence-electron chi connectivity index (χ2n) is 6.22. The van der Waals surface area contributed by atoms with Crippen LogP contribution in [0.2, 0.25) is 0 Å². The molecule has 5 heteroatoms. The fourth-order valence-corrected chi connectivity index (χ4v) is 3.36. The largest absolute Gasteiger partial charge is 0.332 e. The van der Waals surface area contributed by atoms with Gasteiger partial charge in [0.15, 0.2) is 5.54 Å². The van der Waals surface area contributed by atoms with Gasteiger partial charge in [0.1, 0.15) is 0 Å². The Bertz CT molecular complexity index is 962. The molecular weight excluding hydrogens is 340 g/mol. The Hall–Kier alpha value is -3.73. The van der Waals surface area contributed by atoms with Gasteiger partial charge in [-0.05, 0) is 23.3 Å². The Morgan fingerprint density at radius 1 is 0.704 bits per heavy atom. The van der Waals surface area contributed by atoms with E-state index < -0.39 is 23.4 Å². The number of nitrogens with one attached hydrogen (secondary N) is 1. The number of nitrogens with zero attached hydrogens (tertiary/aromatic N) is 1. The summed E-state index contributed by atoms with van der Waals surface area (Å²) < 4.78 is 0. The highest BCUT2D eigenvalue weighted by atomic mass is 16.2. The van der Waals surface area contributed by atoms with Crippen LogP contribution in [0.25, 0.3) is 0 Å². The summed E-state index contributed by atoms with van der Waals surface area (Å²) >= 11 is 0. The lowest BCUT2D eigenvalue weighted by Crippen LogP contribution is -2.45. The molecular formula is C22H16N2O3. The molecule has 1 heterocycles. The highest BCUT2D eigenvalue weighted by Gasteiger charge is 2.55. The molecule has 1 saturated heterocycles. The van der Waals surface area contributed by atoms with Gasteiger partial charge in [-0.3, -0.25) is 9.59 Å². The van der Waals surface area contributed by atoms with Gasteiger partial charge in [-0.2, -0.15) is 4.90 Å². The van der Waals surface area contributed by atoms with E-state index in [2.05, 4.69) is 5.32 Å². The Balaban J connectivity index is 1.86. The van der Waals surface area contributed by atoms with Crippen molar-refractivity contribution in [3.8, 4) is 0 Å². The fourth-order valence-electron chi connectivity index (χ4n) is 3.36. The number of benzene rings is 3. The molecule has 0 bridgehead atoms. The van der Waals surface area contributed by atoms with Crippen molar-refractivity contribution in [1.82, 2.24) is 10.2 Å². The molecule has 1 fully saturated rings. The zero-order valence-electron chi connectivity index (χ0n) is 14.3. The van der Waals surface area contributed by atoms with Crippen LogP contribution in [0.5, 0.6) is 0 Å². The molecule has 0 spiro atoms. The van der Waals surface area contributed by atoms with E-state index in [0.29, 0.717) is 16.0 Å². The zero-order chi connectivity index (χ0) is 18.9. The monoisotopic (exact) mass is 356 g/mol. The summed E-state index contributed by atoms with van der Waals surface area (Å²) in [5.41, 5.74) is 0.0260. The summed E-state index contributed by atoms with van der Waals surface area (Å²) in [6.07, 6.45) is 0. The first-order valence-corrected chi connectivity index (χ1v) is 8.52. The van der Waals surface area contributed by atoms with Crippen LogP contribution in [-0.2, 0) is 10.3 Å². The molecule has 4 rings (SSSR count). The SMILES string of the molecule is O=C1NC(c2ccccc2)(c2ccccc2)C(=O)N1C(=O)c1ccccc1. The summed E-state index contributed by atoms with van der Waals surface area (Å²) in [5, 5.41) is 2.77. The van der Waals surface area contributed by atoms with Crippen molar-refractivity contribution in [3.05, 3.63) is 108 Å². The number of carbonyl (C=O) groups is 3. The van der Waals surface area contributed by atoms with Crippen LogP contribution < -0.4 is 5.32 Å². The highest BCUT2D eigenvalue weighted by Crippen LogP contribution is 2.36. The predicted molar refractivity (Wildman–Crippen MR) is 99.8 cm³/mol. The first kappa shape index (κ1) is 16.7. The average Bonchev–Trinajstić information content (AvgIpc) is 3.00. The van der Waals surface area contributed by atoms with Gasteiger partial charge in [-0.15, -0.1) is 0 Å². The van der Waals surface area contributed by atoms with Crippen molar-refractivity contribution in [2.24, 2.45) is 0 Å². The van der Waals surface area contributed by atoms with Crippen molar-refractivity contribution in [1.29, 1.82) is 0 Å². The molecule has 132 valence electrons. The maximum atomic E-state index is 13.5. The maximum Gasteiger partial charge on any atom is 0.332 e. The Labute approximate surface area is 156 Å². The second-order valence-corrected chi connectivity index (χ2v) is 6.22. The lowest BCUT2D eigenvalue weighted by molar-refractivity contribution is -0.128. The van der Waals surface area contributed by atoms with Crippen molar-refractivity contribution < 1.29 is 14.4 Å². The third kappa shape index (κ3) is 2.60. The minimum absolute atomic E-state index is 0.276. The molecule has 0 radical (unpaired) electrons. The van der Waals surface area contributed by atoms with Gasteiger partial charge < -0.3 is 5.32 Å². The van der Waals surface area contributed by atoms with Crippen LogP contribution in [0, 0.1) is 0 Å². The molecule has 0 atom stereocenters. The Morgan fingerprint density at radius 3 is 1.63 bits per heavy atom. The molecule has 0 aliphatic carbocycles. The lowest BCUT2D eigenvalue weighted by atomic mass is 9.82. The quantitative estimate of drug-likeness (QED) is 0.578. The van der Waals surface area contributed by atoms with E-state index in [9.17, 15) is 14.4 Å². The summed E-state index contributed by atoms with van der Waals surface area (Å²) in [7, 11) is 0. The van der Waals surface area contributed by atoms with E-state index >= 15 is 0 Å². The predicted octanol–water partition coefficient (Wildman–Crippen LogP) is 3.32. The lowest BCUT2D eigenvalue weighted by Gasteiger charge is -2.27. The van der Waals surface area contributed by atoms with Crippen molar-refractivity contribution in [2.75, 3.05) is 0 Å². The minimum atomic E-state index is -1.44. The van der Waals surface area contributed by atoms with Gasteiger partial charge in [0, 0.05) is 5.56 Å². The summed E-state index contributed by atoms with van der Waals surface area (Å²) in [6.45, 7) is 0. The van der Waals surface area contributed by atoms with E-state index in [1.165, 1.54) is 0 Å². The normalized spacial score (nSPS) is 15.5. The number of hydrogen-bond acceptors (Lipinski definition) is 3. The van der Waals surface area contributed by atoms with E-state index in [0.717, 1.165) is 0 Å². The van der Waals surface area contributed by atoms with Crippen LogP contribution in [-0.4, -0.2) is 22.7 Å². The van der Waals surface area contributed by atoms with Gasteiger partial charge in [-0.1, -0.05) is 78.9 Å². The molecule has 3 aromatic rings. The molecule has 3 aromatic carbocycles. The third-order valence-electron chi connectivity index (χ3n) is 4.66. The van der Waals surface area contributed by atoms with Crippen LogP contribution >= 0.6 is 0 Å². The molecule has 1 N–H and O–H groups in total. The molecule has 5 nitrogen and oxygen atoms in total. The number of rotatable bonds is 3.